The number of fused-ring (bicyclic) bond motifs is 2. The van der Waals surface area contributed by atoms with Gasteiger partial charge in [-0.15, -0.1) is 16.4 Å². The van der Waals surface area contributed by atoms with Crippen molar-refractivity contribution in [3.8, 4) is 11.3 Å². The number of hydrogen-bond donors (Lipinski definition) is 1. The Labute approximate surface area is 159 Å². The van der Waals surface area contributed by atoms with Crippen LogP contribution >= 0.6 is 11.3 Å². The van der Waals surface area contributed by atoms with Crippen LogP contribution < -0.4 is 5.32 Å². The van der Waals surface area contributed by atoms with Crippen LogP contribution in [0.15, 0.2) is 53.9 Å². The summed E-state index contributed by atoms with van der Waals surface area (Å²) in [5.41, 5.74) is 5.90. The van der Waals surface area contributed by atoms with Crippen molar-refractivity contribution in [1.82, 2.24) is 24.6 Å². The molecule has 0 aliphatic heterocycles. The second-order valence-corrected chi connectivity index (χ2v) is 7.22. The number of aryl methyl sites for hydroxylation is 2. The molecular weight excluding hydrogens is 356 g/mol. The highest BCUT2D eigenvalue weighted by Crippen LogP contribution is 2.27. The van der Waals surface area contributed by atoms with E-state index >= 15 is 0 Å². The van der Waals surface area contributed by atoms with Crippen LogP contribution in [0.3, 0.4) is 0 Å². The van der Waals surface area contributed by atoms with Gasteiger partial charge in [-0.3, -0.25) is 0 Å². The van der Waals surface area contributed by atoms with Crippen molar-refractivity contribution in [1.29, 1.82) is 0 Å². The maximum absolute atomic E-state index is 4.66. The quantitative estimate of drug-likeness (QED) is 0.494. The summed E-state index contributed by atoms with van der Waals surface area (Å²) in [5.74, 6) is 1.19. The number of nitrogens with zero attached hydrogens (tertiary/aromatic N) is 5. The molecule has 0 aliphatic carbocycles. The Balaban J connectivity index is 1.53. The molecule has 5 aromatic rings. The SMILES string of the molecule is Cc1ccc(-c2csc3nc(Nc4nc5ccccc5nc4C)nn23)cc1. The molecule has 0 amide bonds. The standard InChI is InChI=1S/C20H16N6S/c1-12-7-9-14(10-8-12)17-11-27-20-24-19(25-26(17)20)23-18-13(2)21-15-5-3-4-6-16(15)22-18/h3-11H,1-2H3,(H,22,23,25). The maximum atomic E-state index is 4.66. The molecule has 27 heavy (non-hydrogen) atoms. The van der Waals surface area contributed by atoms with Gasteiger partial charge < -0.3 is 5.32 Å². The van der Waals surface area contributed by atoms with E-state index in [-0.39, 0.29) is 0 Å². The Morgan fingerprint density at radius 1 is 0.889 bits per heavy atom. The molecule has 0 spiro atoms. The highest BCUT2D eigenvalue weighted by atomic mass is 32.1. The van der Waals surface area contributed by atoms with E-state index in [1.54, 1.807) is 11.3 Å². The Morgan fingerprint density at radius 2 is 1.63 bits per heavy atom. The first-order chi connectivity index (χ1) is 13.2. The minimum Gasteiger partial charge on any atom is -0.306 e. The van der Waals surface area contributed by atoms with E-state index in [9.17, 15) is 0 Å². The van der Waals surface area contributed by atoms with Crippen LogP contribution in [-0.4, -0.2) is 24.6 Å². The zero-order valence-corrected chi connectivity index (χ0v) is 15.7. The molecule has 0 saturated carbocycles. The van der Waals surface area contributed by atoms with Gasteiger partial charge in [0, 0.05) is 10.9 Å². The molecule has 5 rings (SSSR count). The molecule has 0 atom stereocenters. The second-order valence-electron chi connectivity index (χ2n) is 6.39. The Hall–Kier alpha value is -3.32. The van der Waals surface area contributed by atoms with Gasteiger partial charge in [0.2, 0.25) is 10.9 Å². The van der Waals surface area contributed by atoms with Crippen molar-refractivity contribution < 1.29 is 0 Å². The fraction of sp³-hybridized carbons (Fsp3) is 0.100. The number of anilines is 2. The molecule has 132 valence electrons. The lowest BCUT2D eigenvalue weighted by Gasteiger charge is -2.06. The van der Waals surface area contributed by atoms with Gasteiger partial charge in [-0.1, -0.05) is 42.0 Å². The van der Waals surface area contributed by atoms with E-state index in [0.717, 1.165) is 32.9 Å². The van der Waals surface area contributed by atoms with Crippen molar-refractivity contribution in [2.45, 2.75) is 13.8 Å². The Bertz CT molecular complexity index is 1270. The summed E-state index contributed by atoms with van der Waals surface area (Å²) < 4.78 is 1.86. The zero-order chi connectivity index (χ0) is 18.4. The first kappa shape index (κ1) is 15.9. The van der Waals surface area contributed by atoms with Crippen LogP contribution in [0.1, 0.15) is 11.3 Å². The molecule has 2 aromatic carbocycles. The fourth-order valence-electron chi connectivity index (χ4n) is 2.97. The molecule has 0 radical (unpaired) electrons. The van der Waals surface area contributed by atoms with E-state index in [1.165, 1.54) is 5.56 Å². The summed E-state index contributed by atoms with van der Waals surface area (Å²) in [6, 6.07) is 16.2. The predicted molar refractivity (Wildman–Crippen MR) is 109 cm³/mol. The van der Waals surface area contributed by atoms with Gasteiger partial charge in [0.05, 0.1) is 22.4 Å². The monoisotopic (exact) mass is 372 g/mol. The molecule has 0 saturated heterocycles. The smallest absolute Gasteiger partial charge is 0.249 e. The van der Waals surface area contributed by atoms with Gasteiger partial charge >= 0.3 is 0 Å². The third kappa shape index (κ3) is 2.82. The summed E-state index contributed by atoms with van der Waals surface area (Å²) in [5, 5.41) is 9.92. The van der Waals surface area contributed by atoms with Crippen LogP contribution in [0, 0.1) is 13.8 Å². The van der Waals surface area contributed by atoms with Crippen molar-refractivity contribution >= 4 is 39.1 Å². The molecule has 3 heterocycles. The van der Waals surface area contributed by atoms with Gasteiger partial charge in [0.25, 0.3) is 0 Å². The molecule has 0 fully saturated rings. The molecule has 6 nitrogen and oxygen atoms in total. The summed E-state index contributed by atoms with van der Waals surface area (Å²) in [6.45, 7) is 4.01. The lowest BCUT2D eigenvalue weighted by atomic mass is 10.1. The minimum absolute atomic E-state index is 0.517. The van der Waals surface area contributed by atoms with Crippen molar-refractivity contribution in [2.75, 3.05) is 5.32 Å². The number of benzene rings is 2. The van der Waals surface area contributed by atoms with Crippen LogP contribution in [0.5, 0.6) is 0 Å². The topological polar surface area (TPSA) is 68.0 Å². The zero-order valence-electron chi connectivity index (χ0n) is 14.8. The number of hydrogen-bond acceptors (Lipinski definition) is 6. The molecule has 3 aromatic heterocycles. The average molecular weight is 372 g/mol. The molecule has 0 unspecified atom stereocenters. The van der Waals surface area contributed by atoms with E-state index in [0.29, 0.717) is 11.8 Å². The first-order valence-electron chi connectivity index (χ1n) is 8.59. The number of para-hydroxylation sites is 2. The Kier molecular flexibility index (Phi) is 3.61. The highest BCUT2D eigenvalue weighted by molar-refractivity contribution is 7.15. The van der Waals surface area contributed by atoms with Gasteiger partial charge in [0.15, 0.2) is 5.82 Å². The van der Waals surface area contributed by atoms with Gasteiger partial charge in [-0.2, -0.15) is 4.98 Å². The Morgan fingerprint density at radius 3 is 2.41 bits per heavy atom. The summed E-state index contributed by atoms with van der Waals surface area (Å²) in [6.07, 6.45) is 0. The van der Waals surface area contributed by atoms with E-state index in [2.05, 4.69) is 61.9 Å². The van der Waals surface area contributed by atoms with E-state index < -0.39 is 0 Å². The van der Waals surface area contributed by atoms with Crippen LogP contribution in [0.2, 0.25) is 0 Å². The van der Waals surface area contributed by atoms with E-state index in [1.807, 2.05) is 35.7 Å². The number of nitrogens with one attached hydrogen (secondary N) is 1. The fourth-order valence-corrected chi connectivity index (χ4v) is 3.80. The van der Waals surface area contributed by atoms with Gasteiger partial charge in [-0.05, 0) is 26.0 Å². The summed E-state index contributed by atoms with van der Waals surface area (Å²) in [7, 11) is 0. The lowest BCUT2D eigenvalue weighted by molar-refractivity contribution is 0.986. The second kappa shape index (κ2) is 6.14. The number of thiazole rings is 1. The molecule has 7 heteroatoms. The van der Waals surface area contributed by atoms with Gasteiger partial charge in [0.1, 0.15) is 0 Å². The molecule has 1 N–H and O–H groups in total. The van der Waals surface area contributed by atoms with Crippen molar-refractivity contribution in [3.63, 3.8) is 0 Å². The predicted octanol–water partition coefficient (Wildman–Crippen LogP) is 4.76. The van der Waals surface area contributed by atoms with Crippen LogP contribution in [-0.2, 0) is 0 Å². The molecule has 0 aliphatic rings. The first-order valence-corrected chi connectivity index (χ1v) is 9.47. The maximum Gasteiger partial charge on any atom is 0.249 e. The van der Waals surface area contributed by atoms with Crippen LogP contribution in [0.4, 0.5) is 11.8 Å². The van der Waals surface area contributed by atoms with E-state index in [4.69, 9.17) is 0 Å². The largest absolute Gasteiger partial charge is 0.306 e. The van der Waals surface area contributed by atoms with Crippen LogP contribution in [0.25, 0.3) is 27.3 Å². The molecule has 0 bridgehead atoms. The summed E-state index contributed by atoms with van der Waals surface area (Å²) >= 11 is 1.56. The highest BCUT2D eigenvalue weighted by Gasteiger charge is 2.13. The lowest BCUT2D eigenvalue weighted by Crippen LogP contribution is -2.01. The number of aromatic nitrogens is 5. The minimum atomic E-state index is 0.517. The van der Waals surface area contributed by atoms with Gasteiger partial charge in [-0.25, -0.2) is 14.5 Å². The third-order valence-corrected chi connectivity index (χ3v) is 5.22. The van der Waals surface area contributed by atoms with Crippen molar-refractivity contribution in [2.24, 2.45) is 0 Å². The normalized spacial score (nSPS) is 11.3. The molecular formula is C20H16N6S. The summed E-state index contributed by atoms with van der Waals surface area (Å²) in [4.78, 5) is 14.7. The number of rotatable bonds is 3. The van der Waals surface area contributed by atoms with Crippen molar-refractivity contribution in [3.05, 3.63) is 65.2 Å². The average Bonchev–Trinajstić information content (AvgIpc) is 3.23. The third-order valence-electron chi connectivity index (χ3n) is 4.40.